The Morgan fingerprint density at radius 2 is 2.07 bits per heavy atom. The third-order valence-electron chi connectivity index (χ3n) is 4.96. The molecule has 5 heteroatoms. The molecule has 2 aromatic rings. The van der Waals surface area contributed by atoms with Crippen LogP contribution in [0.3, 0.4) is 0 Å². The zero-order valence-electron chi connectivity index (χ0n) is 15.4. The van der Waals surface area contributed by atoms with Crippen LogP contribution in [-0.2, 0) is 16.0 Å². The molecule has 0 bridgehead atoms. The molecule has 1 N–H and O–H groups in total. The first-order chi connectivity index (χ1) is 13.2. The summed E-state index contributed by atoms with van der Waals surface area (Å²) < 4.78 is 5.93. The standard InChI is InChI=1S/C22H23N3O2/c1-25-11-9-21(27-25)22-18(13-19-15-24-10-12-26-19)3-2-4-20(22)17-7-5-16(14-23)6-8-17/h2-9,19,24H,10-13,15H2,1H3. The fourth-order valence-corrected chi connectivity index (χ4v) is 3.62. The van der Waals surface area contributed by atoms with Crippen molar-refractivity contribution in [1.29, 1.82) is 5.26 Å². The van der Waals surface area contributed by atoms with Crippen molar-refractivity contribution in [3.05, 3.63) is 65.2 Å². The van der Waals surface area contributed by atoms with E-state index < -0.39 is 0 Å². The van der Waals surface area contributed by atoms with Crippen molar-refractivity contribution in [2.24, 2.45) is 0 Å². The summed E-state index contributed by atoms with van der Waals surface area (Å²) in [6, 6.07) is 16.2. The van der Waals surface area contributed by atoms with Gasteiger partial charge in [-0.2, -0.15) is 5.26 Å². The average molecular weight is 361 g/mol. The first kappa shape index (κ1) is 17.7. The van der Waals surface area contributed by atoms with Gasteiger partial charge in [-0.15, -0.1) is 5.06 Å². The molecule has 5 nitrogen and oxygen atoms in total. The molecule has 0 saturated carbocycles. The topological polar surface area (TPSA) is 57.5 Å². The number of rotatable bonds is 4. The molecule has 0 spiro atoms. The van der Waals surface area contributed by atoms with Crippen molar-refractivity contribution in [2.45, 2.75) is 12.5 Å². The lowest BCUT2D eigenvalue weighted by molar-refractivity contribution is -0.0340. The van der Waals surface area contributed by atoms with Crippen LogP contribution in [0, 0.1) is 11.3 Å². The van der Waals surface area contributed by atoms with E-state index in [-0.39, 0.29) is 6.10 Å². The Morgan fingerprint density at radius 3 is 2.74 bits per heavy atom. The second-order valence-corrected chi connectivity index (χ2v) is 6.90. The number of nitrogens with zero attached hydrogens (tertiary/aromatic N) is 2. The molecule has 4 rings (SSSR count). The maximum atomic E-state index is 9.08. The summed E-state index contributed by atoms with van der Waals surface area (Å²) >= 11 is 0. The van der Waals surface area contributed by atoms with E-state index in [0.29, 0.717) is 5.56 Å². The van der Waals surface area contributed by atoms with Crippen LogP contribution in [0.1, 0.15) is 16.7 Å². The predicted octanol–water partition coefficient (Wildman–Crippen LogP) is 2.97. The summed E-state index contributed by atoms with van der Waals surface area (Å²) in [6.07, 6.45) is 3.11. The molecule has 0 aliphatic carbocycles. The van der Waals surface area contributed by atoms with Crippen LogP contribution >= 0.6 is 0 Å². The summed E-state index contributed by atoms with van der Waals surface area (Å²) in [5.41, 5.74) is 5.18. The predicted molar refractivity (Wildman–Crippen MR) is 105 cm³/mol. The quantitative estimate of drug-likeness (QED) is 0.907. The zero-order chi connectivity index (χ0) is 18.6. The summed E-state index contributed by atoms with van der Waals surface area (Å²) in [6.45, 7) is 3.28. The Balaban J connectivity index is 1.75. The van der Waals surface area contributed by atoms with Gasteiger partial charge in [0, 0.05) is 32.1 Å². The highest BCUT2D eigenvalue weighted by atomic mass is 16.7. The number of morpholine rings is 1. The maximum Gasteiger partial charge on any atom is 0.153 e. The van der Waals surface area contributed by atoms with Gasteiger partial charge in [-0.25, -0.2) is 0 Å². The van der Waals surface area contributed by atoms with Crippen molar-refractivity contribution >= 4 is 5.76 Å². The van der Waals surface area contributed by atoms with Gasteiger partial charge in [0.2, 0.25) is 0 Å². The van der Waals surface area contributed by atoms with Crippen LogP contribution in [0.4, 0.5) is 0 Å². The van der Waals surface area contributed by atoms with Gasteiger partial charge in [0.15, 0.2) is 5.76 Å². The van der Waals surface area contributed by atoms with Crippen molar-refractivity contribution in [1.82, 2.24) is 10.4 Å². The Labute approximate surface area is 159 Å². The number of nitrogens with one attached hydrogen (secondary N) is 1. The highest BCUT2D eigenvalue weighted by Gasteiger charge is 2.23. The van der Waals surface area contributed by atoms with Crippen LogP contribution in [-0.4, -0.2) is 44.5 Å². The Morgan fingerprint density at radius 1 is 1.22 bits per heavy atom. The average Bonchev–Trinajstić information content (AvgIpc) is 3.14. The SMILES string of the molecule is CN1CC=C(c2c(CC3CNCCO3)cccc2-c2ccc(C#N)cc2)O1. The molecule has 1 atom stereocenters. The first-order valence-electron chi connectivity index (χ1n) is 9.29. The second-order valence-electron chi connectivity index (χ2n) is 6.90. The maximum absolute atomic E-state index is 9.08. The van der Waals surface area contributed by atoms with E-state index in [0.717, 1.165) is 55.1 Å². The smallest absolute Gasteiger partial charge is 0.153 e. The molecule has 2 heterocycles. The lowest BCUT2D eigenvalue weighted by atomic mass is 9.91. The van der Waals surface area contributed by atoms with Crippen LogP contribution in [0.25, 0.3) is 16.9 Å². The Bertz CT molecular complexity index is 877. The van der Waals surface area contributed by atoms with Gasteiger partial charge in [0.1, 0.15) is 0 Å². The minimum Gasteiger partial charge on any atom is -0.406 e. The summed E-state index contributed by atoms with van der Waals surface area (Å²) in [5.74, 6) is 0.885. The van der Waals surface area contributed by atoms with Crippen LogP contribution in [0.5, 0.6) is 0 Å². The molecule has 2 aliphatic rings. The normalized spacial score (nSPS) is 20.0. The lowest BCUT2D eigenvalue weighted by Crippen LogP contribution is -2.39. The van der Waals surface area contributed by atoms with Gasteiger partial charge in [0.05, 0.1) is 30.9 Å². The number of nitriles is 1. The fraction of sp³-hybridized carbons (Fsp3) is 0.318. The molecule has 1 fully saturated rings. The van der Waals surface area contributed by atoms with Gasteiger partial charge in [0.25, 0.3) is 0 Å². The van der Waals surface area contributed by atoms with Crippen molar-refractivity contribution in [2.75, 3.05) is 33.3 Å². The van der Waals surface area contributed by atoms with E-state index in [9.17, 15) is 0 Å². The number of ether oxygens (including phenoxy) is 1. The van der Waals surface area contributed by atoms with E-state index in [1.54, 1.807) is 0 Å². The van der Waals surface area contributed by atoms with Gasteiger partial charge in [-0.1, -0.05) is 30.3 Å². The van der Waals surface area contributed by atoms with Gasteiger partial charge in [-0.05, 0) is 34.9 Å². The largest absolute Gasteiger partial charge is 0.406 e. The molecule has 2 aromatic carbocycles. The molecular weight excluding hydrogens is 338 g/mol. The highest BCUT2D eigenvalue weighted by Crippen LogP contribution is 2.35. The molecule has 0 radical (unpaired) electrons. The Kier molecular flexibility index (Phi) is 5.21. The molecule has 2 aliphatic heterocycles. The third-order valence-corrected chi connectivity index (χ3v) is 4.96. The van der Waals surface area contributed by atoms with E-state index in [1.165, 1.54) is 5.56 Å². The van der Waals surface area contributed by atoms with Gasteiger partial charge < -0.3 is 14.9 Å². The fourth-order valence-electron chi connectivity index (χ4n) is 3.62. The summed E-state index contributed by atoms with van der Waals surface area (Å²) in [4.78, 5) is 5.97. The molecule has 0 aromatic heterocycles. The molecule has 1 saturated heterocycles. The van der Waals surface area contributed by atoms with Crippen molar-refractivity contribution < 1.29 is 9.57 Å². The number of likely N-dealkylation sites (N-methyl/N-ethyl adjacent to an activating group) is 1. The molecule has 27 heavy (non-hydrogen) atoms. The van der Waals surface area contributed by atoms with Gasteiger partial charge in [-0.3, -0.25) is 0 Å². The van der Waals surface area contributed by atoms with E-state index in [1.807, 2.05) is 36.4 Å². The minimum absolute atomic E-state index is 0.161. The highest BCUT2D eigenvalue weighted by molar-refractivity contribution is 5.81. The lowest BCUT2D eigenvalue weighted by Gasteiger charge is -2.25. The third kappa shape index (κ3) is 3.88. The van der Waals surface area contributed by atoms with Crippen molar-refractivity contribution in [3.63, 3.8) is 0 Å². The monoisotopic (exact) mass is 361 g/mol. The van der Waals surface area contributed by atoms with Crippen LogP contribution in [0.15, 0.2) is 48.5 Å². The van der Waals surface area contributed by atoms with Crippen molar-refractivity contribution in [3.8, 4) is 17.2 Å². The van der Waals surface area contributed by atoms with E-state index in [4.69, 9.17) is 14.8 Å². The number of benzene rings is 2. The molecular formula is C22H23N3O2. The molecule has 138 valence electrons. The number of hydrogen-bond donors (Lipinski definition) is 1. The van der Waals surface area contributed by atoms with Crippen LogP contribution in [0.2, 0.25) is 0 Å². The number of hydrogen-bond acceptors (Lipinski definition) is 5. The second kappa shape index (κ2) is 7.93. The van der Waals surface area contributed by atoms with Crippen LogP contribution < -0.4 is 5.32 Å². The zero-order valence-corrected chi connectivity index (χ0v) is 15.4. The van der Waals surface area contributed by atoms with E-state index >= 15 is 0 Å². The minimum atomic E-state index is 0.161. The summed E-state index contributed by atoms with van der Waals surface area (Å²) in [7, 11) is 1.93. The van der Waals surface area contributed by atoms with E-state index in [2.05, 4.69) is 35.7 Å². The summed E-state index contributed by atoms with van der Waals surface area (Å²) in [5, 5.41) is 14.3. The Hall–Kier alpha value is -2.65. The first-order valence-corrected chi connectivity index (χ1v) is 9.29. The van der Waals surface area contributed by atoms with Gasteiger partial charge >= 0.3 is 0 Å². The number of hydroxylamine groups is 2. The molecule has 0 amide bonds. The molecule has 1 unspecified atom stereocenters.